The number of hydrogen-bond donors (Lipinski definition) is 0. The first-order valence-corrected chi connectivity index (χ1v) is 5.71. The Morgan fingerprint density at radius 1 is 1.33 bits per heavy atom. The molecular formula is C14H14N2O2. The third-order valence-electron chi connectivity index (χ3n) is 2.63. The summed E-state index contributed by atoms with van der Waals surface area (Å²) in [4.78, 5) is 4.23. The minimum Gasteiger partial charge on any atom is -0.484 e. The minimum atomic E-state index is 0.264. The Morgan fingerprint density at radius 2 is 2.11 bits per heavy atom. The van der Waals surface area contributed by atoms with Crippen LogP contribution in [-0.2, 0) is 13.0 Å². The molecule has 1 aromatic heterocycles. The Morgan fingerprint density at radius 3 is 2.83 bits per heavy atom. The van der Waals surface area contributed by atoms with E-state index in [4.69, 9.17) is 14.4 Å². The molecule has 0 fully saturated rings. The lowest BCUT2D eigenvalue weighted by atomic mass is 10.2. The number of benzene rings is 1. The molecule has 0 aliphatic heterocycles. The van der Waals surface area contributed by atoms with Crippen LogP contribution in [0.2, 0.25) is 0 Å². The predicted octanol–water partition coefficient (Wildman–Crippen LogP) is 2.94. The molecule has 0 saturated carbocycles. The van der Waals surface area contributed by atoms with E-state index in [0.717, 1.165) is 11.3 Å². The highest BCUT2D eigenvalue weighted by molar-refractivity contribution is 5.31. The van der Waals surface area contributed by atoms with Crippen molar-refractivity contribution in [2.75, 3.05) is 0 Å². The molecule has 0 atom stereocenters. The van der Waals surface area contributed by atoms with Crippen LogP contribution in [0.4, 0.5) is 0 Å². The highest BCUT2D eigenvalue weighted by Crippen LogP contribution is 2.18. The second kappa shape index (κ2) is 5.37. The van der Waals surface area contributed by atoms with E-state index in [2.05, 4.69) is 11.1 Å². The first-order valence-electron chi connectivity index (χ1n) is 5.71. The van der Waals surface area contributed by atoms with Gasteiger partial charge in [-0.25, -0.2) is 4.98 Å². The summed E-state index contributed by atoms with van der Waals surface area (Å²) < 4.78 is 11.1. The van der Waals surface area contributed by atoms with Crippen LogP contribution in [0.15, 0.2) is 28.7 Å². The fourth-order valence-electron chi connectivity index (χ4n) is 1.65. The summed E-state index contributed by atoms with van der Waals surface area (Å²) in [6, 6.07) is 9.83. The molecule has 0 spiro atoms. The van der Waals surface area contributed by atoms with Crippen LogP contribution in [0.3, 0.4) is 0 Å². The number of nitrogens with zero attached hydrogens (tertiary/aromatic N) is 2. The van der Waals surface area contributed by atoms with Gasteiger partial charge in [-0.1, -0.05) is 18.2 Å². The first-order chi connectivity index (χ1) is 8.70. The number of ether oxygens (including phenoxy) is 1. The summed E-state index contributed by atoms with van der Waals surface area (Å²) in [5.74, 6) is 2.00. The summed E-state index contributed by atoms with van der Waals surface area (Å²) in [6.45, 7) is 4.06. The molecule has 0 unspecified atom stereocenters. The van der Waals surface area contributed by atoms with Gasteiger partial charge >= 0.3 is 0 Å². The van der Waals surface area contributed by atoms with Gasteiger partial charge in [0.25, 0.3) is 0 Å². The molecule has 0 N–H and O–H groups in total. The van der Waals surface area contributed by atoms with Crippen LogP contribution in [0.25, 0.3) is 0 Å². The quantitative estimate of drug-likeness (QED) is 0.827. The van der Waals surface area contributed by atoms with Crippen LogP contribution in [0.5, 0.6) is 5.75 Å². The highest BCUT2D eigenvalue weighted by atomic mass is 16.5. The van der Waals surface area contributed by atoms with E-state index in [-0.39, 0.29) is 13.0 Å². The lowest BCUT2D eigenvalue weighted by Gasteiger charge is -2.05. The van der Waals surface area contributed by atoms with Crippen LogP contribution in [0, 0.1) is 25.2 Å². The van der Waals surface area contributed by atoms with Gasteiger partial charge in [-0.2, -0.15) is 5.26 Å². The summed E-state index contributed by atoms with van der Waals surface area (Å²) in [5.41, 5.74) is 1.75. The molecule has 0 bridgehead atoms. The smallest absolute Gasteiger partial charge is 0.232 e. The van der Waals surface area contributed by atoms with E-state index in [9.17, 15) is 0 Å². The SMILES string of the molecule is Cc1ccccc1OCc1nc(CC#N)c(C)o1. The second-order valence-electron chi connectivity index (χ2n) is 4.00. The predicted molar refractivity (Wildman–Crippen MR) is 66.1 cm³/mol. The zero-order valence-corrected chi connectivity index (χ0v) is 10.4. The van der Waals surface area contributed by atoms with Crippen molar-refractivity contribution in [1.29, 1.82) is 5.26 Å². The molecule has 0 aliphatic rings. The van der Waals surface area contributed by atoms with Gasteiger partial charge in [0.15, 0.2) is 6.61 Å². The summed E-state index contributed by atoms with van der Waals surface area (Å²) >= 11 is 0. The van der Waals surface area contributed by atoms with Gasteiger partial charge in [-0.3, -0.25) is 0 Å². The number of para-hydroxylation sites is 1. The molecule has 1 heterocycles. The monoisotopic (exact) mass is 242 g/mol. The van der Waals surface area contributed by atoms with Crippen LogP contribution < -0.4 is 4.74 Å². The first kappa shape index (κ1) is 12.2. The van der Waals surface area contributed by atoms with Crippen molar-refractivity contribution in [3.05, 3.63) is 47.2 Å². The van der Waals surface area contributed by atoms with Crippen molar-refractivity contribution >= 4 is 0 Å². The van der Waals surface area contributed by atoms with Gasteiger partial charge in [0.05, 0.1) is 18.2 Å². The molecule has 18 heavy (non-hydrogen) atoms. The number of oxazole rings is 1. The maximum absolute atomic E-state index is 8.63. The van der Waals surface area contributed by atoms with Crippen molar-refractivity contribution in [2.45, 2.75) is 26.9 Å². The minimum absolute atomic E-state index is 0.264. The normalized spacial score (nSPS) is 10.1. The lowest BCUT2D eigenvalue weighted by Crippen LogP contribution is -1.97. The van der Waals surface area contributed by atoms with E-state index in [1.807, 2.05) is 31.2 Å². The van der Waals surface area contributed by atoms with Crippen LogP contribution in [-0.4, -0.2) is 4.98 Å². The fraction of sp³-hybridized carbons (Fsp3) is 0.286. The summed E-state index contributed by atoms with van der Waals surface area (Å²) in [7, 11) is 0. The van der Waals surface area contributed by atoms with E-state index < -0.39 is 0 Å². The fourth-order valence-corrected chi connectivity index (χ4v) is 1.65. The number of rotatable bonds is 4. The van der Waals surface area contributed by atoms with Gasteiger partial charge in [0.2, 0.25) is 5.89 Å². The second-order valence-corrected chi connectivity index (χ2v) is 4.00. The zero-order chi connectivity index (χ0) is 13.0. The molecule has 1 aromatic carbocycles. The Bertz CT molecular complexity index is 582. The van der Waals surface area contributed by atoms with E-state index in [0.29, 0.717) is 17.3 Å². The summed E-state index contributed by atoms with van der Waals surface area (Å²) in [6.07, 6.45) is 0.264. The Balaban J connectivity index is 2.05. The summed E-state index contributed by atoms with van der Waals surface area (Å²) in [5, 5.41) is 8.63. The van der Waals surface area contributed by atoms with E-state index >= 15 is 0 Å². The maximum atomic E-state index is 8.63. The highest BCUT2D eigenvalue weighted by Gasteiger charge is 2.10. The number of aromatic nitrogens is 1. The molecule has 92 valence electrons. The van der Waals surface area contributed by atoms with Gasteiger partial charge in [-0.15, -0.1) is 0 Å². The molecule has 0 aliphatic carbocycles. The Labute approximate surface area is 106 Å². The molecule has 4 heteroatoms. The molecule has 2 rings (SSSR count). The molecule has 4 nitrogen and oxygen atoms in total. The van der Waals surface area contributed by atoms with Gasteiger partial charge in [0.1, 0.15) is 11.5 Å². The number of hydrogen-bond acceptors (Lipinski definition) is 4. The molecule has 0 saturated heterocycles. The molecule has 2 aromatic rings. The van der Waals surface area contributed by atoms with Gasteiger partial charge in [0, 0.05) is 0 Å². The largest absolute Gasteiger partial charge is 0.484 e. The third kappa shape index (κ3) is 2.69. The van der Waals surface area contributed by atoms with Crippen LogP contribution >= 0.6 is 0 Å². The van der Waals surface area contributed by atoms with Crippen molar-refractivity contribution in [1.82, 2.24) is 4.98 Å². The average molecular weight is 242 g/mol. The molecular weight excluding hydrogens is 228 g/mol. The molecule has 0 amide bonds. The van der Waals surface area contributed by atoms with Crippen LogP contribution in [0.1, 0.15) is 22.9 Å². The number of nitriles is 1. The number of aryl methyl sites for hydroxylation is 2. The zero-order valence-electron chi connectivity index (χ0n) is 10.4. The molecule has 0 radical (unpaired) electrons. The van der Waals surface area contributed by atoms with Crippen molar-refractivity contribution < 1.29 is 9.15 Å². The Kier molecular flexibility index (Phi) is 3.63. The standard InChI is InChI=1S/C14H14N2O2/c1-10-5-3-4-6-13(10)17-9-14-16-12(7-8-15)11(2)18-14/h3-6H,7,9H2,1-2H3. The van der Waals surface area contributed by atoms with Crippen molar-refractivity contribution in [2.24, 2.45) is 0 Å². The lowest BCUT2D eigenvalue weighted by molar-refractivity contribution is 0.259. The van der Waals surface area contributed by atoms with Crippen molar-refractivity contribution in [3.63, 3.8) is 0 Å². The van der Waals surface area contributed by atoms with Gasteiger partial charge in [-0.05, 0) is 25.5 Å². The van der Waals surface area contributed by atoms with E-state index in [1.165, 1.54) is 0 Å². The Hall–Kier alpha value is -2.28. The third-order valence-corrected chi connectivity index (χ3v) is 2.63. The van der Waals surface area contributed by atoms with Crippen molar-refractivity contribution in [3.8, 4) is 11.8 Å². The maximum Gasteiger partial charge on any atom is 0.232 e. The topological polar surface area (TPSA) is 59.0 Å². The average Bonchev–Trinajstić information content (AvgIpc) is 2.70. The van der Waals surface area contributed by atoms with E-state index in [1.54, 1.807) is 6.92 Å². The van der Waals surface area contributed by atoms with Gasteiger partial charge < -0.3 is 9.15 Å².